The van der Waals surface area contributed by atoms with Crippen molar-refractivity contribution >= 4 is 11.6 Å². The lowest BCUT2D eigenvalue weighted by atomic mass is 10.2. The maximum atomic E-state index is 11.1. The maximum Gasteiger partial charge on any atom is 0.342 e. The van der Waals surface area contributed by atoms with Crippen molar-refractivity contribution in [3.63, 3.8) is 0 Å². The van der Waals surface area contributed by atoms with E-state index in [1.54, 1.807) is 13.8 Å². The fourth-order valence-electron chi connectivity index (χ4n) is 3.94. The smallest absolute Gasteiger partial charge is 0.342 e. The van der Waals surface area contributed by atoms with Crippen molar-refractivity contribution < 1.29 is 20.1 Å². The van der Waals surface area contributed by atoms with Gasteiger partial charge in [0.25, 0.3) is 0 Å². The zero-order valence-electron chi connectivity index (χ0n) is 18.1. The molecule has 3 heterocycles. The summed E-state index contributed by atoms with van der Waals surface area (Å²) in [6, 6.07) is 0. The molecule has 3 rings (SSSR count). The fourth-order valence-corrected chi connectivity index (χ4v) is 3.94. The van der Waals surface area contributed by atoms with Crippen LogP contribution >= 0.6 is 0 Å². The normalized spacial score (nSPS) is 17.4. The summed E-state index contributed by atoms with van der Waals surface area (Å²) < 4.78 is 2.79. The van der Waals surface area contributed by atoms with E-state index in [0.29, 0.717) is 50.9 Å². The lowest BCUT2D eigenvalue weighted by molar-refractivity contribution is -0.392. The van der Waals surface area contributed by atoms with Crippen molar-refractivity contribution in [1.29, 1.82) is 0 Å². The molecule has 2 aromatic rings. The van der Waals surface area contributed by atoms with Gasteiger partial charge in [-0.3, -0.25) is 9.80 Å². The molecule has 0 amide bonds. The predicted octanol–water partition coefficient (Wildman–Crippen LogP) is -0.448. The van der Waals surface area contributed by atoms with E-state index in [1.165, 1.54) is 21.5 Å². The van der Waals surface area contributed by atoms with E-state index in [0.717, 1.165) is 0 Å². The van der Waals surface area contributed by atoms with Crippen LogP contribution in [-0.2, 0) is 13.1 Å². The number of aliphatic hydroxyl groups excluding tert-OH is 2. The quantitative estimate of drug-likeness (QED) is 0.356. The Morgan fingerprint density at radius 2 is 1.16 bits per heavy atom. The van der Waals surface area contributed by atoms with E-state index >= 15 is 0 Å². The van der Waals surface area contributed by atoms with E-state index in [9.17, 15) is 30.4 Å². The molecule has 1 aliphatic rings. The first-order valence-electron chi connectivity index (χ1n) is 10.3. The van der Waals surface area contributed by atoms with Crippen LogP contribution in [0, 0.1) is 34.1 Å². The summed E-state index contributed by atoms with van der Waals surface area (Å²) in [5.74, 6) is 0.660. The predicted molar refractivity (Wildman–Crippen MR) is 112 cm³/mol. The Kier molecular flexibility index (Phi) is 7.50. The van der Waals surface area contributed by atoms with Gasteiger partial charge in [-0.15, -0.1) is 0 Å². The highest BCUT2D eigenvalue weighted by Crippen LogP contribution is 2.16. The van der Waals surface area contributed by atoms with Gasteiger partial charge in [-0.2, -0.15) is 0 Å². The van der Waals surface area contributed by atoms with Gasteiger partial charge in [0, 0.05) is 53.1 Å². The Bertz CT molecular complexity index is 875. The van der Waals surface area contributed by atoms with Gasteiger partial charge >= 0.3 is 11.6 Å². The molecule has 2 aromatic heterocycles. The van der Waals surface area contributed by atoms with E-state index in [1.807, 2.05) is 0 Å². The average molecular weight is 452 g/mol. The molecule has 0 radical (unpaired) electrons. The van der Waals surface area contributed by atoms with Crippen molar-refractivity contribution in [3.05, 3.63) is 44.3 Å². The highest BCUT2D eigenvalue weighted by molar-refractivity contribution is 5.19. The van der Waals surface area contributed by atoms with E-state index in [4.69, 9.17) is 0 Å². The molecule has 1 fully saturated rings. The van der Waals surface area contributed by atoms with Gasteiger partial charge in [-0.05, 0) is 9.85 Å². The van der Waals surface area contributed by atoms with Gasteiger partial charge in [0.2, 0.25) is 0 Å². The van der Waals surface area contributed by atoms with Crippen LogP contribution in [0.4, 0.5) is 11.6 Å². The van der Waals surface area contributed by atoms with Gasteiger partial charge in [0.15, 0.2) is 11.6 Å². The number of hydrogen-bond donors (Lipinski definition) is 2. The zero-order chi connectivity index (χ0) is 23.4. The Labute approximate surface area is 184 Å². The first kappa shape index (κ1) is 23.7. The van der Waals surface area contributed by atoms with Crippen LogP contribution in [0.15, 0.2) is 12.4 Å². The van der Waals surface area contributed by atoms with Crippen molar-refractivity contribution in [2.75, 3.05) is 39.3 Å². The molecular formula is C18H28N8O6. The molecule has 176 valence electrons. The maximum absolute atomic E-state index is 11.1. The first-order chi connectivity index (χ1) is 15.2. The number of piperazine rings is 1. The third kappa shape index (κ3) is 5.64. The van der Waals surface area contributed by atoms with Gasteiger partial charge in [0.1, 0.15) is 37.7 Å². The Morgan fingerprint density at radius 1 is 0.812 bits per heavy atom. The number of rotatable bonds is 10. The van der Waals surface area contributed by atoms with Gasteiger partial charge in [0.05, 0.1) is 0 Å². The van der Waals surface area contributed by atoms with Crippen LogP contribution in [0.25, 0.3) is 0 Å². The number of aliphatic hydroxyl groups is 2. The summed E-state index contributed by atoms with van der Waals surface area (Å²) in [6.45, 7) is 6.88. The zero-order valence-corrected chi connectivity index (χ0v) is 18.1. The van der Waals surface area contributed by atoms with Crippen LogP contribution in [0.2, 0.25) is 0 Å². The standard InChI is InChI=1S/C18H28N8O6/c1-13-19-7-17(25(29)30)23(13)11-15(27)9-21-3-5-22(6-4-21)10-16(28)12-24-14(2)20-8-18(24)26(31)32/h7-8,15-16,27-28H,3-6,9-12H2,1-2H3. The Hall–Kier alpha value is -2.94. The summed E-state index contributed by atoms with van der Waals surface area (Å²) in [6.07, 6.45) is 0.796. The molecule has 32 heavy (non-hydrogen) atoms. The first-order valence-corrected chi connectivity index (χ1v) is 10.3. The molecule has 0 saturated carbocycles. The van der Waals surface area contributed by atoms with Crippen molar-refractivity contribution in [3.8, 4) is 0 Å². The van der Waals surface area contributed by atoms with Gasteiger partial charge < -0.3 is 30.4 Å². The van der Waals surface area contributed by atoms with Crippen LogP contribution in [0.5, 0.6) is 0 Å². The number of hydrogen-bond acceptors (Lipinski definition) is 10. The third-order valence-corrected chi connectivity index (χ3v) is 5.63. The third-order valence-electron chi connectivity index (χ3n) is 5.63. The molecule has 0 bridgehead atoms. The molecule has 14 heteroatoms. The van der Waals surface area contributed by atoms with E-state index in [2.05, 4.69) is 19.8 Å². The second-order valence-electron chi connectivity index (χ2n) is 7.97. The van der Waals surface area contributed by atoms with Crippen LogP contribution in [0.1, 0.15) is 11.6 Å². The van der Waals surface area contributed by atoms with Gasteiger partial charge in [-0.25, -0.2) is 19.1 Å². The van der Waals surface area contributed by atoms with Crippen molar-refractivity contribution in [1.82, 2.24) is 28.9 Å². The molecule has 0 aromatic carbocycles. The summed E-state index contributed by atoms with van der Waals surface area (Å²) in [5, 5.41) is 43.0. The van der Waals surface area contributed by atoms with E-state index < -0.39 is 22.1 Å². The fraction of sp³-hybridized carbons (Fsp3) is 0.667. The molecule has 0 spiro atoms. The van der Waals surface area contributed by atoms with Crippen LogP contribution < -0.4 is 0 Å². The minimum absolute atomic E-state index is 0.0874. The van der Waals surface area contributed by atoms with Crippen molar-refractivity contribution in [2.24, 2.45) is 0 Å². The molecule has 2 atom stereocenters. The molecule has 1 aliphatic heterocycles. The van der Waals surface area contributed by atoms with Crippen molar-refractivity contribution in [2.45, 2.75) is 39.1 Å². The van der Waals surface area contributed by atoms with E-state index in [-0.39, 0.29) is 24.7 Å². The summed E-state index contributed by atoms with van der Waals surface area (Å²) >= 11 is 0. The molecular weight excluding hydrogens is 424 g/mol. The number of aromatic nitrogens is 4. The molecule has 1 saturated heterocycles. The number of β-amino-alcohol motifs (C(OH)–C–C–N with tert-alkyl or cyclic N) is 2. The van der Waals surface area contributed by atoms with Crippen LogP contribution in [0.3, 0.4) is 0 Å². The average Bonchev–Trinajstić information content (AvgIpc) is 3.26. The summed E-state index contributed by atoms with van der Waals surface area (Å²) in [5.41, 5.74) is 0. The minimum Gasteiger partial charge on any atom is -0.388 e. The number of aryl methyl sites for hydroxylation is 2. The number of nitrogens with zero attached hydrogens (tertiary/aromatic N) is 8. The molecule has 2 N–H and O–H groups in total. The van der Waals surface area contributed by atoms with Crippen LogP contribution in [-0.4, -0.2) is 100 Å². The highest BCUT2D eigenvalue weighted by Gasteiger charge is 2.26. The second kappa shape index (κ2) is 10.1. The largest absolute Gasteiger partial charge is 0.388 e. The highest BCUT2D eigenvalue weighted by atomic mass is 16.6. The summed E-state index contributed by atoms with van der Waals surface area (Å²) in [4.78, 5) is 33.2. The lowest BCUT2D eigenvalue weighted by Gasteiger charge is -2.36. The number of imidazole rings is 2. The lowest BCUT2D eigenvalue weighted by Crippen LogP contribution is -2.51. The Morgan fingerprint density at radius 3 is 1.47 bits per heavy atom. The molecule has 2 unspecified atom stereocenters. The second-order valence-corrected chi connectivity index (χ2v) is 7.97. The minimum atomic E-state index is -0.788. The number of nitro groups is 2. The summed E-state index contributed by atoms with van der Waals surface area (Å²) in [7, 11) is 0. The monoisotopic (exact) mass is 452 g/mol. The SMILES string of the molecule is Cc1ncc([N+](=O)[O-])n1CC(O)CN1CCN(CC(O)Cn2c([N+](=O)[O-])cnc2C)CC1. The topological polar surface area (TPSA) is 169 Å². The van der Waals surface area contributed by atoms with Gasteiger partial charge in [-0.1, -0.05) is 0 Å². The Balaban J connectivity index is 1.45. The molecule has 14 nitrogen and oxygen atoms in total. The molecule has 0 aliphatic carbocycles.